The third-order valence-corrected chi connectivity index (χ3v) is 7.50. The standard InChI is InChI=1S/C30H26ClN3O3S/c1-4-37-29(36)25-26(20-8-6-5-7-9-20)32-30-34(27(25)21-12-14-22(31)15-13-21)28(35)24(38-30)18-19-10-16-23(17-11-19)33(2)3/h5-18,27H,4H2,1-3H3/b24-18-/t27-/m0/s1. The first kappa shape index (κ1) is 25.7. The number of aromatic nitrogens is 1. The lowest BCUT2D eigenvalue weighted by atomic mass is 9.93. The van der Waals surface area contributed by atoms with E-state index in [4.69, 9.17) is 21.3 Å². The number of carbonyl (C=O) groups excluding carboxylic acids is 1. The molecule has 192 valence electrons. The normalized spacial score (nSPS) is 15.2. The molecule has 4 aromatic rings. The number of thiazole rings is 1. The second-order valence-electron chi connectivity index (χ2n) is 8.97. The lowest BCUT2D eigenvalue weighted by Gasteiger charge is -2.25. The molecule has 1 atom stereocenters. The van der Waals surface area contributed by atoms with Crippen molar-refractivity contribution in [3.8, 4) is 0 Å². The van der Waals surface area contributed by atoms with E-state index in [1.807, 2.05) is 91.8 Å². The van der Waals surface area contributed by atoms with Crippen LogP contribution in [0.5, 0.6) is 0 Å². The maximum atomic E-state index is 13.9. The highest BCUT2D eigenvalue weighted by Crippen LogP contribution is 2.35. The fourth-order valence-electron chi connectivity index (χ4n) is 4.42. The van der Waals surface area contributed by atoms with E-state index >= 15 is 0 Å². The number of halogens is 1. The summed E-state index contributed by atoms with van der Waals surface area (Å²) in [5.41, 5.74) is 4.06. The summed E-state index contributed by atoms with van der Waals surface area (Å²) in [4.78, 5) is 34.7. The van der Waals surface area contributed by atoms with Crippen molar-refractivity contribution < 1.29 is 9.53 Å². The largest absolute Gasteiger partial charge is 0.463 e. The average Bonchev–Trinajstić information content (AvgIpc) is 3.23. The summed E-state index contributed by atoms with van der Waals surface area (Å²) in [7, 11) is 3.96. The van der Waals surface area contributed by atoms with Gasteiger partial charge in [-0.3, -0.25) is 9.36 Å². The molecule has 3 aromatic carbocycles. The van der Waals surface area contributed by atoms with Crippen LogP contribution in [0.3, 0.4) is 0 Å². The molecule has 6 nitrogen and oxygen atoms in total. The minimum Gasteiger partial charge on any atom is -0.463 e. The topological polar surface area (TPSA) is 63.9 Å². The number of hydrogen-bond donors (Lipinski definition) is 0. The molecule has 0 radical (unpaired) electrons. The first-order valence-corrected chi connectivity index (χ1v) is 13.4. The summed E-state index contributed by atoms with van der Waals surface area (Å²) in [6, 6.07) is 23.9. The summed E-state index contributed by atoms with van der Waals surface area (Å²) in [5, 5.41) is 0.562. The van der Waals surface area contributed by atoms with Crippen LogP contribution in [-0.2, 0) is 9.53 Å². The summed E-state index contributed by atoms with van der Waals surface area (Å²) in [6.07, 6.45) is 1.86. The number of rotatable bonds is 6. The van der Waals surface area contributed by atoms with Crippen molar-refractivity contribution in [2.75, 3.05) is 25.6 Å². The molecule has 5 rings (SSSR count). The molecule has 0 unspecified atom stereocenters. The third-order valence-electron chi connectivity index (χ3n) is 6.27. The monoisotopic (exact) mass is 543 g/mol. The number of benzene rings is 3. The molecule has 8 heteroatoms. The van der Waals surface area contributed by atoms with Crippen LogP contribution in [0.15, 0.2) is 94.2 Å². The highest BCUT2D eigenvalue weighted by Gasteiger charge is 2.35. The first-order chi connectivity index (χ1) is 18.4. The van der Waals surface area contributed by atoms with E-state index < -0.39 is 12.0 Å². The van der Waals surface area contributed by atoms with Gasteiger partial charge in [0.15, 0.2) is 4.80 Å². The Morgan fingerprint density at radius 1 is 1.05 bits per heavy atom. The molecule has 0 saturated heterocycles. The molecule has 2 heterocycles. The van der Waals surface area contributed by atoms with Crippen LogP contribution in [0.4, 0.5) is 5.69 Å². The number of hydrogen-bond acceptors (Lipinski definition) is 6. The zero-order valence-electron chi connectivity index (χ0n) is 21.2. The Kier molecular flexibility index (Phi) is 7.31. The van der Waals surface area contributed by atoms with Crippen molar-refractivity contribution in [2.24, 2.45) is 4.99 Å². The van der Waals surface area contributed by atoms with Gasteiger partial charge in [0.1, 0.15) is 0 Å². The zero-order chi connectivity index (χ0) is 26.8. The Hall–Kier alpha value is -3.94. The van der Waals surface area contributed by atoms with Crippen molar-refractivity contribution in [2.45, 2.75) is 13.0 Å². The Morgan fingerprint density at radius 2 is 1.74 bits per heavy atom. The summed E-state index contributed by atoms with van der Waals surface area (Å²) < 4.78 is 7.61. The Balaban J connectivity index is 1.78. The van der Waals surface area contributed by atoms with Crippen molar-refractivity contribution in [3.63, 3.8) is 0 Å². The molecule has 0 bridgehead atoms. The molecule has 0 spiro atoms. The molecular weight excluding hydrogens is 518 g/mol. The number of nitrogens with zero attached hydrogens (tertiary/aromatic N) is 3. The molecule has 0 aliphatic carbocycles. The fourth-order valence-corrected chi connectivity index (χ4v) is 5.55. The molecule has 38 heavy (non-hydrogen) atoms. The summed E-state index contributed by atoms with van der Waals surface area (Å²) in [5.74, 6) is -0.511. The molecule has 0 amide bonds. The van der Waals surface area contributed by atoms with E-state index in [-0.39, 0.29) is 12.2 Å². The molecule has 0 N–H and O–H groups in total. The van der Waals surface area contributed by atoms with Gasteiger partial charge in [0.2, 0.25) is 0 Å². The quantitative estimate of drug-likeness (QED) is 0.332. The number of fused-ring (bicyclic) bond motifs is 1. The van der Waals surface area contributed by atoms with E-state index in [9.17, 15) is 9.59 Å². The molecule has 1 aromatic heterocycles. The predicted molar refractivity (Wildman–Crippen MR) is 153 cm³/mol. The Bertz CT molecular complexity index is 1690. The van der Waals surface area contributed by atoms with Gasteiger partial charge in [-0.05, 0) is 48.4 Å². The van der Waals surface area contributed by atoms with E-state index in [0.717, 1.165) is 22.4 Å². The molecular formula is C30H26ClN3O3S. The van der Waals surface area contributed by atoms with Gasteiger partial charge in [-0.25, -0.2) is 9.79 Å². The van der Waals surface area contributed by atoms with E-state index in [1.165, 1.54) is 11.3 Å². The maximum Gasteiger partial charge on any atom is 0.338 e. The number of ether oxygens (including phenoxy) is 1. The van der Waals surface area contributed by atoms with Gasteiger partial charge in [-0.1, -0.05) is 77.5 Å². The smallest absolute Gasteiger partial charge is 0.338 e. The Morgan fingerprint density at radius 3 is 2.37 bits per heavy atom. The average molecular weight is 544 g/mol. The van der Waals surface area contributed by atoms with Gasteiger partial charge in [0.05, 0.1) is 28.5 Å². The van der Waals surface area contributed by atoms with Crippen molar-refractivity contribution in [1.82, 2.24) is 4.57 Å². The van der Waals surface area contributed by atoms with Gasteiger partial charge in [-0.2, -0.15) is 0 Å². The van der Waals surface area contributed by atoms with Gasteiger partial charge in [0.25, 0.3) is 5.56 Å². The van der Waals surface area contributed by atoms with Crippen molar-refractivity contribution in [1.29, 1.82) is 0 Å². The number of carbonyl (C=O) groups is 1. The van der Waals surface area contributed by atoms with Gasteiger partial charge >= 0.3 is 5.97 Å². The van der Waals surface area contributed by atoms with Crippen molar-refractivity contribution in [3.05, 3.63) is 126 Å². The lowest BCUT2D eigenvalue weighted by molar-refractivity contribution is -0.138. The van der Waals surface area contributed by atoms with E-state index in [1.54, 1.807) is 23.6 Å². The zero-order valence-corrected chi connectivity index (χ0v) is 22.8. The van der Waals surface area contributed by atoms with Gasteiger partial charge < -0.3 is 9.64 Å². The molecule has 1 aliphatic heterocycles. The molecule has 1 aliphatic rings. The SMILES string of the molecule is CCOC(=O)C1=C(c2ccccc2)N=c2s/c(=C\c3ccc(N(C)C)cc3)c(=O)n2[C@H]1c1ccc(Cl)cc1. The highest BCUT2D eigenvalue weighted by molar-refractivity contribution is 7.07. The van der Waals surface area contributed by atoms with Gasteiger partial charge in [0, 0.05) is 30.4 Å². The lowest BCUT2D eigenvalue weighted by Crippen LogP contribution is -2.40. The summed E-state index contributed by atoms with van der Waals surface area (Å²) in [6.45, 7) is 1.96. The maximum absolute atomic E-state index is 13.9. The minimum atomic E-state index is -0.726. The predicted octanol–water partition coefficient (Wildman–Crippen LogP) is 4.66. The van der Waals surface area contributed by atoms with Crippen LogP contribution in [0, 0.1) is 0 Å². The summed E-state index contributed by atoms with van der Waals surface area (Å²) >= 11 is 7.48. The highest BCUT2D eigenvalue weighted by atomic mass is 35.5. The third kappa shape index (κ3) is 4.95. The number of esters is 1. The van der Waals surface area contributed by atoms with Crippen molar-refractivity contribution >= 4 is 46.4 Å². The second-order valence-corrected chi connectivity index (χ2v) is 10.4. The van der Waals surface area contributed by atoms with Gasteiger partial charge in [-0.15, -0.1) is 0 Å². The van der Waals surface area contributed by atoms with Crippen LogP contribution in [0.25, 0.3) is 11.8 Å². The van der Waals surface area contributed by atoms with Crippen LogP contribution in [0.2, 0.25) is 5.02 Å². The Labute approximate surface area is 229 Å². The fraction of sp³-hybridized carbons (Fsp3) is 0.167. The first-order valence-electron chi connectivity index (χ1n) is 12.2. The number of anilines is 1. The van der Waals surface area contributed by atoms with E-state index in [2.05, 4.69) is 0 Å². The van der Waals surface area contributed by atoms with E-state index in [0.29, 0.717) is 25.6 Å². The van der Waals surface area contributed by atoms with Crippen LogP contribution >= 0.6 is 22.9 Å². The molecule has 0 saturated carbocycles. The van der Waals surface area contributed by atoms with Crippen LogP contribution in [-0.4, -0.2) is 31.2 Å². The second kappa shape index (κ2) is 10.8. The van der Waals surface area contributed by atoms with Crippen LogP contribution < -0.4 is 19.8 Å². The van der Waals surface area contributed by atoms with Crippen LogP contribution in [0.1, 0.15) is 29.7 Å². The minimum absolute atomic E-state index is 0.200. The molecule has 0 fully saturated rings.